The molecular weight excluding hydrogens is 324 g/mol. The average molecular weight is 336 g/mol. The van der Waals surface area contributed by atoms with E-state index in [9.17, 15) is 4.79 Å². The number of benzene rings is 2. The second-order valence-electron chi connectivity index (χ2n) is 5.13. The lowest BCUT2D eigenvalue weighted by Crippen LogP contribution is -2.14. The fourth-order valence-corrected chi connectivity index (χ4v) is 3.20. The number of tetrazole rings is 1. The van der Waals surface area contributed by atoms with E-state index in [1.54, 1.807) is 4.68 Å². The average Bonchev–Trinajstić information content (AvgIpc) is 3.24. The standard InChI is InChI=1S/C16H12N6OS/c23-15(19-16-18-13-3-1-2-4-14(13)24-16)9-11-5-7-12(8-6-11)22-10-17-20-21-22/h1-8,10H,9H2,(H,18,19,23). The van der Waals surface area contributed by atoms with Crippen LogP contribution in [0, 0.1) is 0 Å². The summed E-state index contributed by atoms with van der Waals surface area (Å²) in [6.07, 6.45) is 1.81. The van der Waals surface area contributed by atoms with Gasteiger partial charge in [-0.25, -0.2) is 9.67 Å². The van der Waals surface area contributed by atoms with Gasteiger partial charge in [0.1, 0.15) is 6.33 Å². The Labute approximate surface area is 141 Å². The van der Waals surface area contributed by atoms with Gasteiger partial charge in [0.15, 0.2) is 5.13 Å². The zero-order chi connectivity index (χ0) is 16.4. The van der Waals surface area contributed by atoms with Crippen LogP contribution < -0.4 is 5.32 Å². The Morgan fingerprint density at radius 3 is 2.71 bits per heavy atom. The molecule has 1 amide bonds. The highest BCUT2D eigenvalue weighted by Gasteiger charge is 2.08. The second-order valence-corrected chi connectivity index (χ2v) is 6.16. The fourth-order valence-electron chi connectivity index (χ4n) is 2.32. The first-order valence-corrected chi connectivity index (χ1v) is 8.07. The van der Waals surface area contributed by atoms with Crippen molar-refractivity contribution < 1.29 is 4.79 Å². The molecule has 1 N–H and O–H groups in total. The van der Waals surface area contributed by atoms with Gasteiger partial charge >= 0.3 is 0 Å². The van der Waals surface area contributed by atoms with Crippen LogP contribution in [-0.4, -0.2) is 31.1 Å². The molecule has 0 spiro atoms. The van der Waals surface area contributed by atoms with Crippen LogP contribution in [-0.2, 0) is 11.2 Å². The van der Waals surface area contributed by atoms with E-state index >= 15 is 0 Å². The molecule has 0 bridgehead atoms. The molecule has 8 heteroatoms. The van der Waals surface area contributed by atoms with Gasteiger partial charge in [0.05, 0.1) is 22.3 Å². The van der Waals surface area contributed by atoms with E-state index in [-0.39, 0.29) is 12.3 Å². The predicted octanol–water partition coefficient (Wildman–Crippen LogP) is 2.45. The first-order valence-electron chi connectivity index (χ1n) is 7.26. The highest BCUT2D eigenvalue weighted by Crippen LogP contribution is 2.25. The van der Waals surface area contributed by atoms with Crippen molar-refractivity contribution in [3.63, 3.8) is 0 Å². The molecule has 0 saturated carbocycles. The predicted molar refractivity (Wildman–Crippen MR) is 91.1 cm³/mol. The lowest BCUT2D eigenvalue weighted by Gasteiger charge is -2.03. The molecule has 7 nitrogen and oxygen atoms in total. The molecule has 0 aliphatic rings. The Kier molecular flexibility index (Phi) is 3.72. The Morgan fingerprint density at radius 1 is 1.12 bits per heavy atom. The molecule has 0 fully saturated rings. The zero-order valence-corrected chi connectivity index (χ0v) is 13.3. The van der Waals surface area contributed by atoms with Crippen LogP contribution in [0.2, 0.25) is 0 Å². The molecule has 0 radical (unpaired) electrons. The SMILES string of the molecule is O=C(Cc1ccc(-n2cnnn2)cc1)Nc1nc2ccccc2s1. The molecule has 0 atom stereocenters. The van der Waals surface area contributed by atoms with Gasteiger partial charge in [-0.3, -0.25) is 4.79 Å². The van der Waals surface area contributed by atoms with Crippen molar-refractivity contribution >= 4 is 32.6 Å². The monoisotopic (exact) mass is 336 g/mol. The first kappa shape index (κ1) is 14.5. The molecule has 0 aliphatic carbocycles. The number of carbonyl (C=O) groups excluding carboxylic acids is 1. The number of thiazole rings is 1. The number of amides is 1. The number of hydrogen-bond donors (Lipinski definition) is 1. The maximum absolute atomic E-state index is 12.2. The van der Waals surface area contributed by atoms with Crippen molar-refractivity contribution in [2.24, 2.45) is 0 Å². The van der Waals surface area contributed by atoms with Gasteiger partial charge in [-0.1, -0.05) is 35.6 Å². The number of nitrogens with one attached hydrogen (secondary N) is 1. The van der Waals surface area contributed by atoms with E-state index in [1.165, 1.54) is 17.7 Å². The van der Waals surface area contributed by atoms with Crippen molar-refractivity contribution in [2.75, 3.05) is 5.32 Å². The maximum atomic E-state index is 12.2. The van der Waals surface area contributed by atoms with Crippen molar-refractivity contribution in [3.05, 3.63) is 60.4 Å². The van der Waals surface area contributed by atoms with Crippen LogP contribution in [0.25, 0.3) is 15.9 Å². The molecule has 24 heavy (non-hydrogen) atoms. The topological polar surface area (TPSA) is 85.6 Å². The number of nitrogens with zero attached hydrogens (tertiary/aromatic N) is 5. The quantitative estimate of drug-likeness (QED) is 0.619. The first-order chi connectivity index (χ1) is 11.8. The number of fused-ring (bicyclic) bond motifs is 1. The van der Waals surface area contributed by atoms with Crippen molar-refractivity contribution in [2.45, 2.75) is 6.42 Å². The van der Waals surface area contributed by atoms with E-state index in [1.807, 2.05) is 48.5 Å². The van der Waals surface area contributed by atoms with Crippen LogP contribution in [0.1, 0.15) is 5.56 Å². The molecule has 2 aromatic carbocycles. The molecule has 0 saturated heterocycles. The molecular formula is C16H12N6OS. The van der Waals surface area contributed by atoms with Gasteiger partial charge in [0.2, 0.25) is 5.91 Å². The molecule has 4 rings (SSSR count). The summed E-state index contributed by atoms with van der Waals surface area (Å²) in [4.78, 5) is 16.6. The summed E-state index contributed by atoms with van der Waals surface area (Å²) in [6, 6.07) is 15.3. The number of carbonyl (C=O) groups is 1. The highest BCUT2D eigenvalue weighted by molar-refractivity contribution is 7.22. The minimum atomic E-state index is -0.0933. The maximum Gasteiger partial charge on any atom is 0.230 e. The highest BCUT2D eigenvalue weighted by atomic mass is 32.1. The summed E-state index contributed by atoms with van der Waals surface area (Å²) < 4.78 is 2.61. The normalized spacial score (nSPS) is 10.8. The third-order valence-corrected chi connectivity index (χ3v) is 4.41. The van der Waals surface area contributed by atoms with Crippen molar-refractivity contribution in [3.8, 4) is 5.69 Å². The molecule has 0 aliphatic heterocycles. The van der Waals surface area contributed by atoms with Crippen LogP contribution in [0.5, 0.6) is 0 Å². The Morgan fingerprint density at radius 2 is 1.96 bits per heavy atom. The van der Waals surface area contributed by atoms with E-state index in [0.29, 0.717) is 5.13 Å². The molecule has 2 heterocycles. The lowest BCUT2D eigenvalue weighted by atomic mass is 10.1. The minimum absolute atomic E-state index is 0.0933. The molecule has 0 unspecified atom stereocenters. The number of anilines is 1. The van der Waals surface area contributed by atoms with Gasteiger partial charge in [-0.05, 0) is 40.3 Å². The van der Waals surface area contributed by atoms with Gasteiger partial charge in [-0.15, -0.1) is 5.10 Å². The van der Waals surface area contributed by atoms with E-state index in [2.05, 4.69) is 25.8 Å². The van der Waals surface area contributed by atoms with E-state index < -0.39 is 0 Å². The Balaban J connectivity index is 1.44. The summed E-state index contributed by atoms with van der Waals surface area (Å²) in [5.74, 6) is -0.0933. The Bertz CT molecular complexity index is 944. The summed E-state index contributed by atoms with van der Waals surface area (Å²) in [6.45, 7) is 0. The fraction of sp³-hybridized carbons (Fsp3) is 0.0625. The van der Waals surface area contributed by atoms with Crippen molar-refractivity contribution in [1.29, 1.82) is 0 Å². The molecule has 2 aromatic heterocycles. The third kappa shape index (κ3) is 2.99. The number of aromatic nitrogens is 5. The Hall–Kier alpha value is -3.13. The molecule has 4 aromatic rings. The third-order valence-electron chi connectivity index (χ3n) is 3.45. The minimum Gasteiger partial charge on any atom is -0.302 e. The number of hydrogen-bond acceptors (Lipinski definition) is 6. The van der Waals surface area contributed by atoms with E-state index in [4.69, 9.17) is 0 Å². The van der Waals surface area contributed by atoms with Gasteiger partial charge < -0.3 is 5.32 Å². The smallest absolute Gasteiger partial charge is 0.230 e. The summed E-state index contributed by atoms with van der Waals surface area (Å²) >= 11 is 1.47. The van der Waals surface area contributed by atoms with Crippen LogP contribution in [0.15, 0.2) is 54.9 Å². The number of para-hydroxylation sites is 1. The lowest BCUT2D eigenvalue weighted by molar-refractivity contribution is -0.115. The second kappa shape index (κ2) is 6.17. The van der Waals surface area contributed by atoms with Gasteiger partial charge in [0.25, 0.3) is 0 Å². The largest absolute Gasteiger partial charge is 0.302 e. The van der Waals surface area contributed by atoms with Gasteiger partial charge in [-0.2, -0.15) is 0 Å². The summed E-state index contributed by atoms with van der Waals surface area (Å²) in [5.41, 5.74) is 2.64. The van der Waals surface area contributed by atoms with Crippen molar-refractivity contribution in [1.82, 2.24) is 25.2 Å². The van der Waals surface area contributed by atoms with Crippen LogP contribution in [0.4, 0.5) is 5.13 Å². The summed E-state index contributed by atoms with van der Waals surface area (Å²) in [7, 11) is 0. The zero-order valence-electron chi connectivity index (χ0n) is 12.5. The molecule has 118 valence electrons. The summed E-state index contributed by atoms with van der Waals surface area (Å²) in [5, 5.41) is 14.5. The van der Waals surface area contributed by atoms with Gasteiger partial charge in [0, 0.05) is 0 Å². The van der Waals surface area contributed by atoms with Crippen LogP contribution in [0.3, 0.4) is 0 Å². The van der Waals surface area contributed by atoms with Crippen LogP contribution >= 0.6 is 11.3 Å². The van der Waals surface area contributed by atoms with E-state index in [0.717, 1.165) is 21.5 Å². The number of rotatable bonds is 4.